The second kappa shape index (κ2) is 13.2. The summed E-state index contributed by atoms with van der Waals surface area (Å²) in [6, 6.07) is 17.9. The van der Waals surface area contributed by atoms with Crippen molar-refractivity contribution in [3.8, 4) is 0 Å². The van der Waals surface area contributed by atoms with Gasteiger partial charge in [-0.05, 0) is 139 Å². The fraction of sp³-hybridized carbons (Fsp3) is 0.395. The Morgan fingerprint density at radius 1 is 0.714 bits per heavy atom. The van der Waals surface area contributed by atoms with Gasteiger partial charge in [0, 0.05) is 40.6 Å². The van der Waals surface area contributed by atoms with Crippen molar-refractivity contribution in [2.75, 3.05) is 13.2 Å². The quantitative estimate of drug-likeness (QED) is 0.121. The van der Waals surface area contributed by atoms with Crippen LogP contribution in [-0.4, -0.2) is 43.4 Å². The molecule has 0 spiro atoms. The summed E-state index contributed by atoms with van der Waals surface area (Å²) in [4.78, 5) is 18.7. The number of rotatable bonds is 10. The number of aliphatic hydroxyl groups is 2. The number of nitrogens with one attached hydrogen (secondary N) is 2. The Bertz CT molecular complexity index is 2280. The van der Waals surface area contributed by atoms with Gasteiger partial charge in [-0.1, -0.05) is 52.0 Å². The van der Waals surface area contributed by atoms with Crippen LogP contribution in [0.3, 0.4) is 0 Å². The zero-order valence-electron chi connectivity index (χ0n) is 30.0. The number of aromatic amines is 2. The highest BCUT2D eigenvalue weighted by molar-refractivity contribution is 6.16. The van der Waals surface area contributed by atoms with Crippen LogP contribution in [0, 0.1) is 6.92 Å². The van der Waals surface area contributed by atoms with E-state index in [4.69, 9.17) is 9.97 Å². The number of allylic oxidation sites excluding steroid dienone is 2. The van der Waals surface area contributed by atoms with Gasteiger partial charge < -0.3 is 20.2 Å². The minimum atomic E-state index is -0.230. The lowest BCUT2D eigenvalue weighted by atomic mass is 9.73. The highest BCUT2D eigenvalue weighted by Gasteiger charge is 2.39. The van der Waals surface area contributed by atoms with Crippen LogP contribution in [0.4, 0.5) is 0 Å². The fourth-order valence-corrected chi connectivity index (χ4v) is 8.72. The minimum absolute atomic E-state index is 0.138. The lowest BCUT2D eigenvalue weighted by Gasteiger charge is -2.28. The maximum atomic E-state index is 9.85. The predicted molar refractivity (Wildman–Crippen MR) is 205 cm³/mol. The Balaban J connectivity index is 1.75. The van der Waals surface area contributed by atoms with Crippen molar-refractivity contribution in [1.29, 1.82) is 0 Å². The first-order valence-corrected chi connectivity index (χ1v) is 18.4. The number of nitrogens with zero attached hydrogens (tertiary/aromatic N) is 2. The van der Waals surface area contributed by atoms with E-state index in [1.807, 2.05) is 0 Å². The van der Waals surface area contributed by atoms with Gasteiger partial charge in [0.2, 0.25) is 0 Å². The Labute approximate surface area is 289 Å². The number of hydrogen-bond acceptors (Lipinski definition) is 4. The summed E-state index contributed by atoms with van der Waals surface area (Å²) in [5.41, 5.74) is 16.9. The topological polar surface area (TPSA) is 97.8 Å². The monoisotopic (exact) mass is 654 g/mol. The Kier molecular flexibility index (Phi) is 8.97. The largest absolute Gasteiger partial charge is 0.396 e. The normalized spacial score (nSPS) is 14.2. The first-order valence-electron chi connectivity index (χ1n) is 18.4. The minimum Gasteiger partial charge on any atom is -0.396 e. The van der Waals surface area contributed by atoms with Gasteiger partial charge in [-0.3, -0.25) is 4.98 Å². The highest BCUT2D eigenvalue weighted by atomic mass is 16.3. The first kappa shape index (κ1) is 33.2. The van der Waals surface area contributed by atoms with E-state index in [9.17, 15) is 10.2 Å². The molecule has 7 rings (SSSR count). The van der Waals surface area contributed by atoms with E-state index in [-0.39, 0.29) is 18.6 Å². The SMILES string of the molecule is CCc1c(CC)c2[nH]c1cc1nc(cc3[nH]c(cc4nc5c(cc6ccccc6c52)C4(CC)CC)c(C)c3CCCO)C(CCCO)=C1C. The first-order chi connectivity index (χ1) is 23.8. The summed E-state index contributed by atoms with van der Waals surface area (Å²) in [7, 11) is 0. The van der Waals surface area contributed by atoms with Crippen molar-refractivity contribution in [3.05, 3.63) is 93.4 Å². The maximum Gasteiger partial charge on any atom is 0.0774 e. The molecule has 3 aromatic heterocycles. The fourth-order valence-electron chi connectivity index (χ4n) is 8.72. The molecule has 254 valence electrons. The molecular weight excluding hydrogens is 604 g/mol. The number of H-pyrrole nitrogens is 2. The number of fused-ring (bicyclic) bond motifs is 10. The van der Waals surface area contributed by atoms with Gasteiger partial charge >= 0.3 is 0 Å². The van der Waals surface area contributed by atoms with Crippen molar-refractivity contribution in [3.63, 3.8) is 0 Å². The summed E-state index contributed by atoms with van der Waals surface area (Å²) in [6.07, 6.45) is 6.59. The average molecular weight is 655 g/mol. The zero-order valence-corrected chi connectivity index (χ0v) is 30.0. The van der Waals surface area contributed by atoms with Gasteiger partial charge in [0.15, 0.2) is 0 Å². The van der Waals surface area contributed by atoms with Crippen molar-refractivity contribution in [1.82, 2.24) is 19.9 Å². The molecule has 2 aromatic carbocycles. The summed E-state index contributed by atoms with van der Waals surface area (Å²) >= 11 is 0. The van der Waals surface area contributed by atoms with Gasteiger partial charge in [0.25, 0.3) is 0 Å². The van der Waals surface area contributed by atoms with Crippen LogP contribution in [0.1, 0.15) is 112 Å². The molecule has 0 unspecified atom stereocenters. The number of aryl methyl sites for hydroxylation is 4. The van der Waals surface area contributed by atoms with Gasteiger partial charge in [0.1, 0.15) is 0 Å². The number of benzene rings is 2. The van der Waals surface area contributed by atoms with Crippen LogP contribution < -0.4 is 0 Å². The van der Waals surface area contributed by atoms with Gasteiger partial charge in [-0.25, -0.2) is 4.98 Å². The third kappa shape index (κ3) is 5.23. The molecular formula is C43H50N4O2. The van der Waals surface area contributed by atoms with Crippen LogP contribution in [0.25, 0.3) is 54.9 Å². The van der Waals surface area contributed by atoms with E-state index in [0.29, 0.717) is 12.8 Å². The van der Waals surface area contributed by atoms with E-state index in [1.54, 1.807) is 0 Å². The summed E-state index contributed by atoms with van der Waals surface area (Å²) in [5, 5.41) is 23.3. The van der Waals surface area contributed by atoms with E-state index in [2.05, 4.69) is 100 Å². The average Bonchev–Trinajstić information content (AvgIpc) is 3.80. The molecule has 49 heavy (non-hydrogen) atoms. The second-order valence-corrected chi connectivity index (χ2v) is 13.9. The van der Waals surface area contributed by atoms with Gasteiger partial charge in [-0.2, -0.15) is 0 Å². The summed E-state index contributed by atoms with van der Waals surface area (Å²) in [6.45, 7) is 13.8. The molecule has 2 aliphatic heterocycles. The summed E-state index contributed by atoms with van der Waals surface area (Å²) < 4.78 is 0. The van der Waals surface area contributed by atoms with Crippen molar-refractivity contribution >= 4 is 54.9 Å². The molecule has 0 aliphatic carbocycles. The molecule has 4 N–H and O–H groups in total. The second-order valence-electron chi connectivity index (χ2n) is 13.9. The smallest absolute Gasteiger partial charge is 0.0774 e. The Morgan fingerprint density at radius 3 is 2.12 bits per heavy atom. The third-order valence-electron chi connectivity index (χ3n) is 11.5. The van der Waals surface area contributed by atoms with E-state index in [1.165, 1.54) is 49.5 Å². The van der Waals surface area contributed by atoms with Crippen molar-refractivity contribution < 1.29 is 10.2 Å². The lowest BCUT2D eigenvalue weighted by Crippen LogP contribution is -2.23. The van der Waals surface area contributed by atoms with Crippen LogP contribution in [0.5, 0.6) is 0 Å². The molecule has 5 heterocycles. The van der Waals surface area contributed by atoms with Crippen molar-refractivity contribution in [2.45, 2.75) is 98.3 Å². The zero-order chi connectivity index (χ0) is 34.4. The Hall–Kier alpha value is -4.26. The van der Waals surface area contributed by atoms with Gasteiger partial charge in [-0.15, -0.1) is 0 Å². The highest BCUT2D eigenvalue weighted by Crippen LogP contribution is 2.48. The number of aromatic nitrogens is 4. The lowest BCUT2D eigenvalue weighted by molar-refractivity contribution is 0.288. The van der Waals surface area contributed by atoms with Crippen LogP contribution >= 0.6 is 0 Å². The molecule has 0 atom stereocenters. The number of aliphatic hydroxyl groups excluding tert-OH is 2. The van der Waals surface area contributed by atoms with Crippen LogP contribution in [0.2, 0.25) is 0 Å². The molecule has 8 bridgehead atoms. The predicted octanol–water partition coefficient (Wildman–Crippen LogP) is 9.79. The molecule has 0 amide bonds. The van der Waals surface area contributed by atoms with Crippen molar-refractivity contribution in [2.24, 2.45) is 0 Å². The standard InChI is InChI=1S/C43H50N4O2/c1-7-28-29(8-2)41-40-32-16-12-11-15-27(32)21-33-42(40)47-39(43(33,9-3)10-4)24-35-26(6)31(18-14-20-49)38(45-35)23-37-30(17-13-19-48)25(5)34(44-37)22-36(28)46-41/h11-12,15-16,21-24,45-46,48-49H,7-10,13-14,17-20H2,1-6H3. The maximum absolute atomic E-state index is 9.85. The molecule has 6 nitrogen and oxygen atoms in total. The van der Waals surface area contributed by atoms with Crippen LogP contribution in [0.15, 0.2) is 48.5 Å². The van der Waals surface area contributed by atoms with E-state index >= 15 is 0 Å². The van der Waals surface area contributed by atoms with E-state index in [0.717, 1.165) is 88.8 Å². The Morgan fingerprint density at radius 2 is 1.41 bits per heavy atom. The van der Waals surface area contributed by atoms with Gasteiger partial charge in [0.05, 0.1) is 28.1 Å². The molecule has 5 aromatic rings. The number of hydrogen-bond donors (Lipinski definition) is 4. The third-order valence-corrected chi connectivity index (χ3v) is 11.5. The van der Waals surface area contributed by atoms with E-state index < -0.39 is 0 Å². The molecule has 0 saturated carbocycles. The summed E-state index contributed by atoms with van der Waals surface area (Å²) in [5.74, 6) is 0. The van der Waals surface area contributed by atoms with Crippen LogP contribution in [-0.2, 0) is 24.7 Å². The molecule has 2 aliphatic rings. The molecule has 0 saturated heterocycles. The molecule has 0 fully saturated rings. The molecule has 0 radical (unpaired) electrons. The molecule has 6 heteroatoms.